The molecule has 0 aromatic carbocycles. The van der Waals surface area contributed by atoms with Crippen LogP contribution in [-0.4, -0.2) is 10.9 Å². The van der Waals surface area contributed by atoms with Crippen LogP contribution in [0.2, 0.25) is 0 Å². The molecule has 11 heavy (non-hydrogen) atoms. The van der Waals surface area contributed by atoms with Crippen LogP contribution in [0.5, 0.6) is 0 Å². The summed E-state index contributed by atoms with van der Waals surface area (Å²) in [6, 6.07) is 0. The van der Waals surface area contributed by atoms with E-state index in [1.807, 2.05) is 29.5 Å². The number of halogens is 1. The van der Waals surface area contributed by atoms with Gasteiger partial charge in [-0.3, -0.25) is 10.3 Å². The summed E-state index contributed by atoms with van der Waals surface area (Å²) in [6.07, 6.45) is 5.09. The van der Waals surface area contributed by atoms with Crippen molar-refractivity contribution in [3.63, 3.8) is 0 Å². The summed E-state index contributed by atoms with van der Waals surface area (Å²) in [5, 5.41) is 10.1. The lowest BCUT2D eigenvalue weighted by Crippen LogP contribution is -2.15. The van der Waals surface area contributed by atoms with Crippen LogP contribution in [-0.2, 0) is 0 Å². The van der Waals surface area contributed by atoms with Gasteiger partial charge >= 0.3 is 0 Å². The van der Waals surface area contributed by atoms with Crippen molar-refractivity contribution >= 4 is 28.6 Å². The van der Waals surface area contributed by atoms with Gasteiger partial charge in [0, 0.05) is 12.4 Å². The van der Waals surface area contributed by atoms with Gasteiger partial charge in [0.25, 0.3) is 0 Å². The minimum Gasteiger partial charge on any atom is -0.292 e. The largest absolute Gasteiger partial charge is 0.292 e. The summed E-state index contributed by atoms with van der Waals surface area (Å²) in [5.41, 5.74) is 6.58. The normalized spacial score (nSPS) is 10.7. The minimum absolute atomic E-state index is 0.101. The van der Waals surface area contributed by atoms with Crippen molar-refractivity contribution in [1.82, 2.24) is 4.90 Å². The average Bonchev–Trinajstić information content (AvgIpc) is 2.03. The number of rotatable bonds is 2. The molecule has 0 rings (SSSR count). The van der Waals surface area contributed by atoms with E-state index < -0.39 is 0 Å². The highest BCUT2D eigenvalue weighted by atomic mass is 127. The molecule has 60 valence electrons. The van der Waals surface area contributed by atoms with E-state index in [9.17, 15) is 0 Å². The van der Waals surface area contributed by atoms with Crippen LogP contribution < -0.4 is 0 Å². The molecule has 0 bridgehead atoms. The second kappa shape index (κ2) is 6.02. The highest BCUT2D eigenvalue weighted by Crippen LogP contribution is 1.97. The number of allylic oxidation sites excluding steroid dienone is 1. The van der Waals surface area contributed by atoms with Crippen LogP contribution in [0.1, 0.15) is 6.92 Å². The fourth-order valence-corrected chi connectivity index (χ4v) is 0.816. The molecule has 4 nitrogen and oxygen atoms in total. The summed E-state index contributed by atoms with van der Waals surface area (Å²) in [4.78, 5) is 1.44. The van der Waals surface area contributed by atoms with E-state index in [2.05, 4.69) is 5.11 Å². The molecule has 2 N–H and O–H groups in total. The van der Waals surface area contributed by atoms with Crippen molar-refractivity contribution in [3.8, 4) is 0 Å². The first-order valence-electron chi connectivity index (χ1n) is 2.90. The van der Waals surface area contributed by atoms with Gasteiger partial charge in [-0.2, -0.15) is 0 Å². The molecule has 0 aliphatic heterocycles. The molecule has 5 heteroatoms. The Balaban J connectivity index is 4.32. The third-order valence-corrected chi connectivity index (χ3v) is 1.20. The maximum Gasteiger partial charge on any atom is 0.245 e. The smallest absolute Gasteiger partial charge is 0.245 e. The van der Waals surface area contributed by atoms with Crippen molar-refractivity contribution in [2.24, 2.45) is 5.11 Å². The van der Waals surface area contributed by atoms with E-state index in [4.69, 9.17) is 10.9 Å². The molecule has 0 aliphatic carbocycles. The summed E-state index contributed by atoms with van der Waals surface area (Å²) < 4.78 is 1.75. The molecule has 0 fully saturated rings. The van der Waals surface area contributed by atoms with Crippen molar-refractivity contribution < 1.29 is 0 Å². The average molecular weight is 264 g/mol. The number of guanidine groups is 1. The molecular weight excluding hydrogens is 255 g/mol. The van der Waals surface area contributed by atoms with Gasteiger partial charge in [-0.05, 0) is 11.0 Å². The number of hydrogen-bond acceptors (Lipinski definition) is 2. The fourth-order valence-electron chi connectivity index (χ4n) is 0.470. The Labute approximate surface area is 79.1 Å². The second-order valence-corrected chi connectivity index (χ2v) is 2.32. The Bertz CT molecular complexity index is 185. The first kappa shape index (κ1) is 10.3. The van der Waals surface area contributed by atoms with Crippen molar-refractivity contribution in [1.29, 1.82) is 10.9 Å². The third-order valence-electron chi connectivity index (χ3n) is 0.877. The van der Waals surface area contributed by atoms with E-state index in [1.54, 1.807) is 22.6 Å². The Morgan fingerprint density at radius 3 is 2.55 bits per heavy atom. The molecule has 0 aliphatic rings. The van der Waals surface area contributed by atoms with Crippen molar-refractivity contribution in [2.45, 2.75) is 6.92 Å². The minimum atomic E-state index is -0.101. The fraction of sp³-hybridized carbons (Fsp3) is 0.167. The molecule has 0 saturated heterocycles. The lowest BCUT2D eigenvalue weighted by Gasteiger charge is -2.09. The van der Waals surface area contributed by atoms with E-state index >= 15 is 0 Å². The topological polar surface area (TPSA) is 63.3 Å². The zero-order valence-electron chi connectivity index (χ0n) is 6.08. The number of nitrogens with one attached hydrogen (secondary N) is 2. The first-order chi connectivity index (χ1) is 5.26. The molecule has 0 unspecified atom stereocenters. The van der Waals surface area contributed by atoms with Crippen LogP contribution in [0.3, 0.4) is 0 Å². The lowest BCUT2D eigenvalue weighted by atomic mass is 10.6. The highest BCUT2D eigenvalue weighted by molar-refractivity contribution is 14.1. The van der Waals surface area contributed by atoms with Crippen LogP contribution in [0.4, 0.5) is 0 Å². The van der Waals surface area contributed by atoms with Crippen LogP contribution in [0.25, 0.3) is 0 Å². The zero-order valence-corrected chi connectivity index (χ0v) is 8.24. The van der Waals surface area contributed by atoms with Gasteiger partial charge in [0.1, 0.15) is 0 Å². The Hall–Kier alpha value is -0.720. The van der Waals surface area contributed by atoms with Crippen molar-refractivity contribution in [2.75, 3.05) is 0 Å². The van der Waals surface area contributed by atoms with Gasteiger partial charge in [-0.1, -0.05) is 28.7 Å². The first-order valence-corrected chi connectivity index (χ1v) is 4.15. The van der Waals surface area contributed by atoms with Gasteiger partial charge in [-0.15, -0.1) is 5.11 Å². The van der Waals surface area contributed by atoms with Crippen LogP contribution in [0, 0.1) is 10.9 Å². The molecule has 0 atom stereocenters. The number of hydrogen-bond donors (Lipinski definition) is 2. The van der Waals surface area contributed by atoms with Crippen molar-refractivity contribution in [3.05, 3.63) is 22.6 Å². The summed E-state index contributed by atoms with van der Waals surface area (Å²) in [7, 11) is 0. The van der Waals surface area contributed by atoms with Gasteiger partial charge in [0.15, 0.2) is 0 Å². The Kier molecular flexibility index (Phi) is 5.63. The quantitative estimate of drug-likeness (QED) is 0.342. The molecule has 0 aromatic heterocycles. The van der Waals surface area contributed by atoms with E-state index in [0.717, 1.165) is 0 Å². The SMILES string of the molecule is C/C=C\N(/C=C\I)C(=N)N=N. The monoisotopic (exact) mass is 264 g/mol. The molecular formula is C6H9IN4. The zero-order chi connectivity index (χ0) is 8.69. The van der Waals surface area contributed by atoms with Gasteiger partial charge in [-0.25, -0.2) is 5.53 Å². The van der Waals surface area contributed by atoms with Gasteiger partial charge < -0.3 is 0 Å². The highest BCUT2D eigenvalue weighted by Gasteiger charge is 1.98. The van der Waals surface area contributed by atoms with Crippen LogP contribution >= 0.6 is 22.6 Å². The van der Waals surface area contributed by atoms with E-state index in [1.165, 1.54) is 4.90 Å². The van der Waals surface area contributed by atoms with Gasteiger partial charge in [0.05, 0.1) is 0 Å². The molecule has 0 spiro atoms. The standard InChI is InChI=1S/C6H9IN4/c1-2-4-11(5-3-7)6(8)10-9/h2-5,8-9H,1H3/b4-2-,5-3-,8-6?,10-9?. The summed E-state index contributed by atoms with van der Waals surface area (Å²) in [5.74, 6) is -0.101. The second-order valence-electron chi connectivity index (χ2n) is 1.60. The predicted molar refractivity (Wildman–Crippen MR) is 52.7 cm³/mol. The molecule has 0 radical (unpaired) electrons. The Morgan fingerprint density at radius 1 is 1.55 bits per heavy atom. The summed E-state index contributed by atoms with van der Waals surface area (Å²) >= 11 is 2.04. The van der Waals surface area contributed by atoms with Gasteiger partial charge in [0.2, 0.25) is 5.96 Å². The van der Waals surface area contributed by atoms with E-state index in [-0.39, 0.29) is 5.96 Å². The third kappa shape index (κ3) is 3.87. The number of nitrogens with zero attached hydrogens (tertiary/aromatic N) is 2. The maximum atomic E-state index is 7.17. The molecule has 0 amide bonds. The predicted octanol–water partition coefficient (Wildman–Crippen LogP) is 2.69. The molecule has 0 saturated carbocycles. The van der Waals surface area contributed by atoms with E-state index in [0.29, 0.717) is 0 Å². The van der Waals surface area contributed by atoms with Crippen LogP contribution in [0.15, 0.2) is 27.7 Å². The maximum absolute atomic E-state index is 7.17. The lowest BCUT2D eigenvalue weighted by molar-refractivity contribution is 0.728. The Morgan fingerprint density at radius 2 is 2.18 bits per heavy atom. The molecule has 0 aromatic rings. The molecule has 0 heterocycles. The summed E-state index contributed by atoms with van der Waals surface area (Å²) in [6.45, 7) is 1.84.